The first-order valence-corrected chi connectivity index (χ1v) is 15.0. The molecule has 0 saturated heterocycles. The number of carbonyl (C=O) groups is 1. The second-order valence-electron chi connectivity index (χ2n) is 9.63. The average molecular weight is 586 g/mol. The molecular weight excluding hydrogens is 554 g/mol. The molecule has 1 atom stereocenters. The minimum Gasteiger partial charge on any atom is -0.492 e. The highest BCUT2D eigenvalue weighted by Crippen LogP contribution is 2.30. The van der Waals surface area contributed by atoms with Crippen LogP contribution in [0.3, 0.4) is 0 Å². The minimum atomic E-state index is -4.50. The number of nitrogens with one attached hydrogen (secondary N) is 1. The number of benzene rings is 2. The van der Waals surface area contributed by atoms with E-state index in [1.54, 1.807) is 54.6 Å². The fourth-order valence-corrected chi connectivity index (χ4v) is 6.11. The van der Waals surface area contributed by atoms with Gasteiger partial charge >= 0.3 is 0 Å². The molecule has 0 saturated carbocycles. The maximum absolute atomic E-state index is 14.0. The van der Waals surface area contributed by atoms with Crippen molar-refractivity contribution in [3.63, 3.8) is 0 Å². The van der Waals surface area contributed by atoms with Gasteiger partial charge in [-0.15, -0.1) is 0 Å². The number of rotatable bonds is 10. The third-order valence-corrected chi connectivity index (χ3v) is 8.71. The Morgan fingerprint density at radius 1 is 1.05 bits per heavy atom. The molecule has 0 spiro atoms. The molecule has 1 unspecified atom stereocenters. The minimum absolute atomic E-state index is 0.162. The molecule has 1 amide bonds. The zero-order chi connectivity index (χ0) is 30.4. The van der Waals surface area contributed by atoms with Crippen molar-refractivity contribution in [1.29, 1.82) is 5.26 Å². The molecule has 0 aliphatic heterocycles. The van der Waals surface area contributed by atoms with E-state index in [-0.39, 0.29) is 22.3 Å². The first-order valence-electron chi connectivity index (χ1n) is 13.5. The molecule has 2 aromatic heterocycles. The lowest BCUT2D eigenvalue weighted by atomic mass is 10.0. The summed E-state index contributed by atoms with van der Waals surface area (Å²) in [5.41, 5.74) is 1.47. The standard InChI is InChI=1S/C31H31N5O5S/c1-4-6-13-27-35-30(38)28(31(39)36(27)26(5-2)25-12-8-11-23(19-32)34-25)42(40,41)24-16-14-20(15-17-24)21-9-7-10-22(18-21)29(37)33-3/h7-12,14-18,26,38H,4-6,13H2,1-3H3,(H,33,37). The number of aryl methyl sites for hydroxylation is 1. The fourth-order valence-electron chi connectivity index (χ4n) is 4.77. The maximum atomic E-state index is 14.0. The van der Waals surface area contributed by atoms with Gasteiger partial charge in [0.2, 0.25) is 15.7 Å². The van der Waals surface area contributed by atoms with Gasteiger partial charge in [0.25, 0.3) is 11.5 Å². The van der Waals surface area contributed by atoms with Gasteiger partial charge in [-0.1, -0.05) is 50.6 Å². The molecular formula is C31H31N5O5S. The van der Waals surface area contributed by atoms with Gasteiger partial charge in [0.1, 0.15) is 17.6 Å². The lowest BCUT2D eigenvalue weighted by Crippen LogP contribution is -2.34. The van der Waals surface area contributed by atoms with Crippen LogP contribution >= 0.6 is 0 Å². The van der Waals surface area contributed by atoms with Gasteiger partial charge in [-0.2, -0.15) is 10.2 Å². The lowest BCUT2D eigenvalue weighted by molar-refractivity contribution is 0.0963. The highest BCUT2D eigenvalue weighted by molar-refractivity contribution is 7.91. The predicted molar refractivity (Wildman–Crippen MR) is 157 cm³/mol. The molecule has 2 heterocycles. The predicted octanol–water partition coefficient (Wildman–Crippen LogP) is 4.42. The molecule has 0 aliphatic rings. The molecule has 2 aromatic carbocycles. The highest BCUT2D eigenvalue weighted by atomic mass is 32.2. The number of hydrogen-bond donors (Lipinski definition) is 2. The number of hydrogen-bond acceptors (Lipinski definition) is 8. The Balaban J connectivity index is 1.83. The number of nitrogens with zero attached hydrogens (tertiary/aromatic N) is 4. The summed E-state index contributed by atoms with van der Waals surface area (Å²) in [5, 5.41) is 22.7. The molecule has 0 bridgehead atoms. The molecule has 0 fully saturated rings. The average Bonchev–Trinajstić information content (AvgIpc) is 3.01. The molecule has 0 aliphatic carbocycles. The van der Waals surface area contributed by atoms with Crippen LogP contribution in [0.4, 0.5) is 0 Å². The summed E-state index contributed by atoms with van der Waals surface area (Å²) in [6.45, 7) is 3.79. The summed E-state index contributed by atoms with van der Waals surface area (Å²) in [6.07, 6.45) is 2.13. The first kappa shape index (κ1) is 30.1. The van der Waals surface area contributed by atoms with E-state index in [0.29, 0.717) is 41.6 Å². The van der Waals surface area contributed by atoms with Crippen molar-refractivity contribution in [3.05, 3.63) is 99.9 Å². The number of sulfone groups is 1. The van der Waals surface area contributed by atoms with Gasteiger partial charge in [0, 0.05) is 19.0 Å². The van der Waals surface area contributed by atoms with E-state index in [9.17, 15) is 28.4 Å². The van der Waals surface area contributed by atoms with Crippen LogP contribution in [0, 0.1) is 11.3 Å². The molecule has 10 nitrogen and oxygen atoms in total. The number of amides is 1. The molecule has 2 N–H and O–H groups in total. The summed E-state index contributed by atoms with van der Waals surface area (Å²) in [7, 11) is -2.97. The van der Waals surface area contributed by atoms with E-state index in [2.05, 4.69) is 15.3 Å². The summed E-state index contributed by atoms with van der Waals surface area (Å²) >= 11 is 0. The number of unbranched alkanes of at least 4 members (excludes halogenated alkanes) is 1. The monoisotopic (exact) mass is 585 g/mol. The van der Waals surface area contributed by atoms with Crippen LogP contribution in [0.5, 0.6) is 5.88 Å². The zero-order valence-corrected chi connectivity index (χ0v) is 24.4. The fraction of sp³-hybridized carbons (Fsp3) is 0.258. The van der Waals surface area contributed by atoms with Gasteiger partial charge in [0.05, 0.1) is 16.6 Å². The SMILES string of the molecule is CCCCc1nc(O)c(S(=O)(=O)c2ccc(-c3cccc(C(=O)NC)c3)cc2)c(=O)n1C(CC)c1cccc(C#N)n1. The van der Waals surface area contributed by atoms with Crippen LogP contribution in [-0.4, -0.2) is 41.0 Å². The third-order valence-electron chi connectivity index (χ3n) is 6.93. The summed E-state index contributed by atoms with van der Waals surface area (Å²) in [6, 6.07) is 18.8. The Kier molecular flexibility index (Phi) is 9.18. The smallest absolute Gasteiger partial charge is 0.277 e. The Morgan fingerprint density at radius 3 is 2.40 bits per heavy atom. The van der Waals surface area contributed by atoms with E-state index < -0.39 is 32.2 Å². The topological polar surface area (TPSA) is 155 Å². The number of pyridine rings is 1. The number of aromatic hydroxyl groups is 1. The first-order chi connectivity index (χ1) is 20.2. The number of carbonyl (C=O) groups excluding carboxylic acids is 1. The van der Waals surface area contributed by atoms with Crippen molar-refractivity contribution in [2.75, 3.05) is 7.05 Å². The van der Waals surface area contributed by atoms with Crippen LogP contribution in [0.25, 0.3) is 11.1 Å². The largest absolute Gasteiger partial charge is 0.492 e. The zero-order valence-electron chi connectivity index (χ0n) is 23.5. The second-order valence-corrected chi connectivity index (χ2v) is 11.5. The van der Waals surface area contributed by atoms with Gasteiger partial charge in [-0.05, 0) is 60.4 Å². The molecule has 11 heteroatoms. The van der Waals surface area contributed by atoms with Crippen LogP contribution in [-0.2, 0) is 16.3 Å². The Morgan fingerprint density at radius 2 is 1.76 bits per heavy atom. The Labute approximate surface area is 244 Å². The highest BCUT2D eigenvalue weighted by Gasteiger charge is 2.32. The Hall–Kier alpha value is -4.82. The van der Waals surface area contributed by atoms with E-state index in [4.69, 9.17) is 0 Å². The molecule has 4 aromatic rings. The summed E-state index contributed by atoms with van der Waals surface area (Å²) in [4.78, 5) is 33.6. The maximum Gasteiger partial charge on any atom is 0.277 e. The van der Waals surface area contributed by atoms with Gasteiger partial charge in [-0.3, -0.25) is 14.2 Å². The summed E-state index contributed by atoms with van der Waals surface area (Å²) < 4.78 is 28.9. The number of nitriles is 1. The van der Waals surface area contributed by atoms with Crippen LogP contribution < -0.4 is 10.9 Å². The van der Waals surface area contributed by atoms with Crippen LogP contribution in [0.2, 0.25) is 0 Å². The van der Waals surface area contributed by atoms with E-state index in [1.807, 2.05) is 19.9 Å². The summed E-state index contributed by atoms with van der Waals surface area (Å²) in [5.74, 6) is -0.878. The van der Waals surface area contributed by atoms with Crippen molar-refractivity contribution in [3.8, 4) is 23.1 Å². The third kappa shape index (κ3) is 5.94. The Bertz CT molecular complexity index is 1830. The van der Waals surface area contributed by atoms with Crippen molar-refractivity contribution < 1.29 is 18.3 Å². The molecule has 42 heavy (non-hydrogen) atoms. The van der Waals surface area contributed by atoms with E-state index in [1.165, 1.54) is 23.7 Å². The van der Waals surface area contributed by atoms with Crippen LogP contribution in [0.15, 0.2) is 81.3 Å². The molecule has 216 valence electrons. The molecule has 4 rings (SSSR count). The quantitative estimate of drug-likeness (QED) is 0.277. The van der Waals surface area contributed by atoms with Crippen molar-refractivity contribution in [2.45, 2.75) is 55.4 Å². The normalized spacial score (nSPS) is 12.0. The van der Waals surface area contributed by atoms with Crippen LogP contribution in [0.1, 0.15) is 66.7 Å². The number of aromatic nitrogens is 3. The second kappa shape index (κ2) is 12.8. The van der Waals surface area contributed by atoms with Gasteiger partial charge in [0.15, 0.2) is 4.90 Å². The molecule has 0 radical (unpaired) electrons. The van der Waals surface area contributed by atoms with Crippen molar-refractivity contribution >= 4 is 15.7 Å². The van der Waals surface area contributed by atoms with Gasteiger partial charge in [-0.25, -0.2) is 13.4 Å². The van der Waals surface area contributed by atoms with Gasteiger partial charge < -0.3 is 10.4 Å². The van der Waals surface area contributed by atoms with Crippen molar-refractivity contribution in [2.24, 2.45) is 0 Å². The van der Waals surface area contributed by atoms with E-state index >= 15 is 0 Å². The lowest BCUT2D eigenvalue weighted by Gasteiger charge is -2.22. The van der Waals surface area contributed by atoms with E-state index in [0.717, 1.165) is 6.42 Å². The van der Waals surface area contributed by atoms with Crippen molar-refractivity contribution in [1.82, 2.24) is 19.9 Å².